The molecule has 1 atom stereocenters. The van der Waals surface area contributed by atoms with Crippen LogP contribution in [0.3, 0.4) is 0 Å². The van der Waals surface area contributed by atoms with E-state index in [1.807, 2.05) is 20.8 Å². The minimum atomic E-state index is -1.14. The van der Waals surface area contributed by atoms with Gasteiger partial charge >= 0.3 is 0 Å². The largest absolute Gasteiger partial charge is 0.475 e. The van der Waals surface area contributed by atoms with Crippen LogP contribution >= 0.6 is 0 Å². The quantitative estimate of drug-likeness (QED) is 0.725. The van der Waals surface area contributed by atoms with Crippen LogP contribution in [-0.4, -0.2) is 0 Å². The summed E-state index contributed by atoms with van der Waals surface area (Å²) in [5.74, 6) is -0.471. The molecule has 0 spiro atoms. The number of hydrogen-bond acceptors (Lipinski definition) is 4. The molecule has 1 aliphatic rings. The molecular weight excluding hydrogens is 305 g/mol. The standard InChI is InChI=1S/C19H16FN3O/c1-18(2,3)17-15(11-23)16(12(9-21)10-22)24-19(17,4)13-6-5-7-14(20)8-13/h5-8H,1-4H3. The van der Waals surface area contributed by atoms with Crippen LogP contribution in [0, 0.1) is 45.2 Å². The maximum absolute atomic E-state index is 13.7. The van der Waals surface area contributed by atoms with Crippen LogP contribution in [0.4, 0.5) is 4.39 Å². The molecule has 0 saturated carbocycles. The number of hydrogen-bond donors (Lipinski definition) is 0. The SMILES string of the molecule is CC(C)(C)C1=C(C#N)C(=C(C#N)C#N)OC1(C)c1cccc(F)c1. The number of nitriles is 3. The van der Waals surface area contributed by atoms with Crippen molar-refractivity contribution in [3.8, 4) is 18.2 Å². The summed E-state index contributed by atoms with van der Waals surface area (Å²) < 4.78 is 19.7. The summed E-state index contributed by atoms with van der Waals surface area (Å²) in [7, 11) is 0. The topological polar surface area (TPSA) is 80.6 Å². The first kappa shape index (κ1) is 17.3. The number of benzene rings is 1. The Morgan fingerprint density at radius 3 is 2.25 bits per heavy atom. The average molecular weight is 321 g/mol. The predicted molar refractivity (Wildman–Crippen MR) is 85.2 cm³/mol. The van der Waals surface area contributed by atoms with Gasteiger partial charge in [0.2, 0.25) is 0 Å². The number of halogens is 1. The van der Waals surface area contributed by atoms with Gasteiger partial charge in [0, 0.05) is 11.1 Å². The monoisotopic (exact) mass is 321 g/mol. The normalized spacial score (nSPS) is 20.0. The lowest BCUT2D eigenvalue weighted by Crippen LogP contribution is -2.31. The molecule has 0 bridgehead atoms. The van der Waals surface area contributed by atoms with Gasteiger partial charge in [0.15, 0.2) is 16.9 Å². The molecule has 1 unspecified atom stereocenters. The molecule has 0 aliphatic carbocycles. The number of nitrogens with zero attached hydrogens (tertiary/aromatic N) is 3. The molecule has 1 aromatic carbocycles. The van der Waals surface area contributed by atoms with Gasteiger partial charge in [-0.1, -0.05) is 32.9 Å². The molecule has 120 valence electrons. The lowest BCUT2D eigenvalue weighted by Gasteiger charge is -2.35. The van der Waals surface area contributed by atoms with Crippen molar-refractivity contribution in [2.24, 2.45) is 5.41 Å². The number of rotatable bonds is 1. The number of ether oxygens (including phenoxy) is 1. The summed E-state index contributed by atoms with van der Waals surface area (Å²) in [5.41, 5.74) is -0.615. The van der Waals surface area contributed by atoms with Crippen LogP contribution < -0.4 is 0 Å². The summed E-state index contributed by atoms with van der Waals surface area (Å²) in [6.07, 6.45) is 0. The fourth-order valence-corrected chi connectivity index (χ4v) is 3.15. The van der Waals surface area contributed by atoms with E-state index >= 15 is 0 Å². The van der Waals surface area contributed by atoms with Gasteiger partial charge in [-0.05, 0) is 24.5 Å². The summed E-state index contributed by atoms with van der Waals surface area (Å²) >= 11 is 0. The third-order valence-corrected chi connectivity index (χ3v) is 3.95. The Hall–Kier alpha value is -3.10. The predicted octanol–water partition coefficient (Wildman–Crippen LogP) is 4.24. The first-order chi connectivity index (χ1) is 11.2. The molecule has 24 heavy (non-hydrogen) atoms. The van der Waals surface area contributed by atoms with Crippen LogP contribution in [0.2, 0.25) is 0 Å². The molecule has 0 radical (unpaired) electrons. The second-order valence-corrected chi connectivity index (χ2v) is 6.69. The van der Waals surface area contributed by atoms with Crippen molar-refractivity contribution in [2.45, 2.75) is 33.3 Å². The van der Waals surface area contributed by atoms with Gasteiger partial charge in [-0.15, -0.1) is 0 Å². The fraction of sp³-hybridized carbons (Fsp3) is 0.316. The zero-order valence-corrected chi connectivity index (χ0v) is 13.9. The van der Waals surface area contributed by atoms with Crippen molar-refractivity contribution in [3.05, 3.63) is 58.1 Å². The van der Waals surface area contributed by atoms with E-state index in [1.165, 1.54) is 12.1 Å². The van der Waals surface area contributed by atoms with E-state index in [-0.39, 0.29) is 16.9 Å². The third kappa shape index (κ3) is 2.64. The molecule has 0 fully saturated rings. The van der Waals surface area contributed by atoms with E-state index in [4.69, 9.17) is 4.74 Å². The summed E-state index contributed by atoms with van der Waals surface area (Å²) in [6.45, 7) is 7.44. The Bertz CT molecular complexity index is 869. The van der Waals surface area contributed by atoms with Crippen molar-refractivity contribution >= 4 is 0 Å². The lowest BCUT2D eigenvalue weighted by molar-refractivity contribution is 0.0582. The maximum Gasteiger partial charge on any atom is 0.172 e. The third-order valence-electron chi connectivity index (χ3n) is 3.95. The molecule has 1 aromatic rings. The summed E-state index contributed by atoms with van der Waals surface area (Å²) in [4.78, 5) is 0. The molecule has 5 heteroatoms. The molecule has 1 aliphatic heterocycles. The van der Waals surface area contributed by atoms with E-state index < -0.39 is 16.8 Å². The molecule has 4 nitrogen and oxygen atoms in total. The van der Waals surface area contributed by atoms with E-state index in [0.717, 1.165) is 0 Å². The van der Waals surface area contributed by atoms with Gasteiger partial charge in [-0.3, -0.25) is 0 Å². The molecule has 0 amide bonds. The van der Waals surface area contributed by atoms with Crippen molar-refractivity contribution < 1.29 is 9.13 Å². The van der Waals surface area contributed by atoms with Crippen molar-refractivity contribution in [3.63, 3.8) is 0 Å². The smallest absolute Gasteiger partial charge is 0.172 e. The number of allylic oxidation sites excluding steroid dienone is 2. The Balaban J connectivity index is 2.88. The van der Waals surface area contributed by atoms with Gasteiger partial charge in [-0.2, -0.15) is 15.8 Å². The Morgan fingerprint density at radius 1 is 1.17 bits per heavy atom. The Morgan fingerprint density at radius 2 is 1.79 bits per heavy atom. The highest BCUT2D eigenvalue weighted by molar-refractivity contribution is 5.60. The van der Waals surface area contributed by atoms with Crippen molar-refractivity contribution in [1.29, 1.82) is 15.8 Å². The Labute approximate surface area is 140 Å². The van der Waals surface area contributed by atoms with E-state index in [9.17, 15) is 20.2 Å². The molecule has 0 N–H and O–H groups in total. The summed E-state index contributed by atoms with van der Waals surface area (Å²) in [5, 5.41) is 28.0. The zero-order chi connectivity index (χ0) is 18.1. The molecular formula is C19H16FN3O. The minimum Gasteiger partial charge on any atom is -0.475 e. The highest BCUT2D eigenvalue weighted by atomic mass is 19.1. The second-order valence-electron chi connectivity index (χ2n) is 6.69. The van der Waals surface area contributed by atoms with E-state index in [1.54, 1.807) is 31.2 Å². The van der Waals surface area contributed by atoms with E-state index in [0.29, 0.717) is 11.1 Å². The van der Waals surface area contributed by atoms with Gasteiger partial charge in [0.25, 0.3) is 0 Å². The molecule has 0 saturated heterocycles. The van der Waals surface area contributed by atoms with Gasteiger partial charge in [-0.25, -0.2) is 4.39 Å². The van der Waals surface area contributed by atoms with E-state index in [2.05, 4.69) is 6.07 Å². The molecule has 0 aromatic heterocycles. The van der Waals surface area contributed by atoms with Crippen LogP contribution in [0.1, 0.15) is 33.3 Å². The van der Waals surface area contributed by atoms with Crippen LogP contribution in [0.25, 0.3) is 0 Å². The summed E-state index contributed by atoms with van der Waals surface area (Å²) in [6, 6.07) is 11.5. The van der Waals surface area contributed by atoms with Gasteiger partial charge < -0.3 is 4.74 Å². The van der Waals surface area contributed by atoms with Crippen molar-refractivity contribution in [2.75, 3.05) is 0 Å². The second kappa shape index (κ2) is 5.84. The fourth-order valence-electron chi connectivity index (χ4n) is 3.15. The maximum atomic E-state index is 13.7. The Kier molecular flexibility index (Phi) is 4.20. The zero-order valence-electron chi connectivity index (χ0n) is 13.9. The van der Waals surface area contributed by atoms with Crippen molar-refractivity contribution in [1.82, 2.24) is 0 Å². The molecule has 1 heterocycles. The van der Waals surface area contributed by atoms with Crippen LogP contribution in [-0.2, 0) is 10.3 Å². The first-order valence-corrected chi connectivity index (χ1v) is 7.34. The van der Waals surface area contributed by atoms with Gasteiger partial charge in [0.1, 0.15) is 29.6 Å². The minimum absolute atomic E-state index is 0.0424. The van der Waals surface area contributed by atoms with Crippen LogP contribution in [0.15, 0.2) is 46.7 Å². The first-order valence-electron chi connectivity index (χ1n) is 7.34. The van der Waals surface area contributed by atoms with Gasteiger partial charge in [0.05, 0.1) is 0 Å². The highest BCUT2D eigenvalue weighted by Crippen LogP contribution is 2.52. The lowest BCUT2D eigenvalue weighted by atomic mass is 9.72. The van der Waals surface area contributed by atoms with Crippen LogP contribution in [0.5, 0.6) is 0 Å². The average Bonchev–Trinajstić information content (AvgIpc) is 2.82. The highest BCUT2D eigenvalue weighted by Gasteiger charge is 2.49. The molecule has 2 rings (SSSR count).